The van der Waals surface area contributed by atoms with Crippen LogP contribution in [0.4, 0.5) is 0 Å². The fourth-order valence-corrected chi connectivity index (χ4v) is 3.05. The fourth-order valence-electron chi connectivity index (χ4n) is 2.72. The molecule has 1 aliphatic heterocycles. The van der Waals surface area contributed by atoms with Crippen molar-refractivity contribution in [2.75, 3.05) is 13.6 Å². The summed E-state index contributed by atoms with van der Waals surface area (Å²) in [4.78, 5) is 7.60. The summed E-state index contributed by atoms with van der Waals surface area (Å²) >= 11 is 3.49. The van der Waals surface area contributed by atoms with E-state index in [0.717, 1.165) is 26.5 Å². The molecule has 2 aromatic heterocycles. The van der Waals surface area contributed by atoms with E-state index in [1.807, 2.05) is 13.2 Å². The van der Waals surface area contributed by atoms with Gasteiger partial charge in [-0.05, 0) is 62.2 Å². The third-order valence-corrected chi connectivity index (χ3v) is 5.24. The van der Waals surface area contributed by atoms with Crippen LogP contribution in [0.5, 0.6) is 0 Å². The Morgan fingerprint density at radius 2 is 2.00 bits per heavy atom. The van der Waals surface area contributed by atoms with Crippen LogP contribution in [0.1, 0.15) is 33.3 Å². The summed E-state index contributed by atoms with van der Waals surface area (Å²) in [6.45, 7) is 8.95. The van der Waals surface area contributed by atoms with Crippen molar-refractivity contribution in [2.45, 2.75) is 38.9 Å². The topological polar surface area (TPSA) is 59.2 Å². The summed E-state index contributed by atoms with van der Waals surface area (Å²) in [5, 5.41) is 4.27. The van der Waals surface area contributed by atoms with Crippen LogP contribution < -0.4 is 5.32 Å². The molecule has 0 aromatic carbocycles. The number of hydrogen-bond acceptors (Lipinski definition) is 4. The maximum Gasteiger partial charge on any atom is 0.491 e. The fraction of sp³-hybridized carbons (Fsp3) is 0.471. The van der Waals surface area contributed by atoms with Gasteiger partial charge < -0.3 is 19.6 Å². The van der Waals surface area contributed by atoms with Crippen molar-refractivity contribution >= 4 is 40.2 Å². The molecular formula is C17H23BBrN3O2. The van der Waals surface area contributed by atoms with Gasteiger partial charge in [0.05, 0.1) is 11.2 Å². The second kappa shape index (κ2) is 6.30. The van der Waals surface area contributed by atoms with Gasteiger partial charge in [0, 0.05) is 34.4 Å². The van der Waals surface area contributed by atoms with Gasteiger partial charge in [-0.15, -0.1) is 0 Å². The lowest BCUT2D eigenvalue weighted by atomic mass is 9.77. The van der Waals surface area contributed by atoms with Crippen molar-refractivity contribution in [1.29, 1.82) is 0 Å². The first-order valence-electron chi connectivity index (χ1n) is 8.07. The summed E-state index contributed by atoms with van der Waals surface area (Å²) in [5.41, 5.74) is 2.28. The predicted octanol–water partition coefficient (Wildman–Crippen LogP) is 3.56. The molecule has 0 radical (unpaired) electrons. The van der Waals surface area contributed by atoms with E-state index < -0.39 is 0 Å². The van der Waals surface area contributed by atoms with Gasteiger partial charge in [-0.3, -0.25) is 0 Å². The Labute approximate surface area is 151 Å². The zero-order valence-corrected chi connectivity index (χ0v) is 16.3. The maximum atomic E-state index is 6.20. The standard InChI is InChI=1S/C17H23BBrN3O2/c1-16(2)17(3,4)24-18(23-16)12(9-20-5)6-11-8-21-15-14(11)7-13(19)10-22-15/h6-8,10,20H,9H2,1-5H3,(H,21,22). The number of likely N-dealkylation sites (N-methyl/N-ethyl adjacent to an activating group) is 1. The Kier molecular flexibility index (Phi) is 4.64. The number of nitrogens with one attached hydrogen (secondary N) is 2. The van der Waals surface area contributed by atoms with Crippen molar-refractivity contribution in [3.8, 4) is 0 Å². The highest BCUT2D eigenvalue weighted by atomic mass is 79.9. The van der Waals surface area contributed by atoms with Crippen LogP contribution in [0.2, 0.25) is 0 Å². The molecule has 1 aliphatic rings. The molecule has 0 bridgehead atoms. The van der Waals surface area contributed by atoms with Crippen LogP contribution >= 0.6 is 15.9 Å². The number of rotatable bonds is 4. The van der Waals surface area contributed by atoms with Gasteiger partial charge in [-0.2, -0.15) is 0 Å². The van der Waals surface area contributed by atoms with Crippen molar-refractivity contribution in [1.82, 2.24) is 15.3 Å². The molecule has 0 spiro atoms. The van der Waals surface area contributed by atoms with Gasteiger partial charge in [-0.1, -0.05) is 6.08 Å². The monoisotopic (exact) mass is 391 g/mol. The molecule has 3 rings (SSSR count). The van der Waals surface area contributed by atoms with Gasteiger partial charge in [0.2, 0.25) is 0 Å². The van der Waals surface area contributed by atoms with Gasteiger partial charge >= 0.3 is 7.12 Å². The zero-order valence-electron chi connectivity index (χ0n) is 14.7. The van der Waals surface area contributed by atoms with Crippen LogP contribution in [0.3, 0.4) is 0 Å². The Morgan fingerprint density at radius 3 is 2.62 bits per heavy atom. The third-order valence-electron chi connectivity index (χ3n) is 4.81. The number of aromatic amines is 1. The summed E-state index contributed by atoms with van der Waals surface area (Å²) in [7, 11) is 1.56. The zero-order chi connectivity index (χ0) is 17.5. The molecule has 2 N–H and O–H groups in total. The molecule has 0 atom stereocenters. The molecule has 1 saturated heterocycles. The van der Waals surface area contributed by atoms with Crippen LogP contribution in [-0.2, 0) is 9.31 Å². The van der Waals surface area contributed by atoms with E-state index in [1.165, 1.54) is 0 Å². The molecule has 0 unspecified atom stereocenters. The smallest absolute Gasteiger partial charge is 0.400 e. The minimum absolute atomic E-state index is 0.352. The van der Waals surface area contributed by atoms with Crippen molar-refractivity contribution < 1.29 is 9.31 Å². The second-order valence-electron chi connectivity index (χ2n) is 7.13. The lowest BCUT2D eigenvalue weighted by Gasteiger charge is -2.32. The van der Waals surface area contributed by atoms with Crippen molar-refractivity contribution in [2.24, 2.45) is 0 Å². The molecule has 5 nitrogen and oxygen atoms in total. The van der Waals surface area contributed by atoms with Gasteiger partial charge in [-0.25, -0.2) is 4.98 Å². The minimum atomic E-state index is -0.368. The first kappa shape index (κ1) is 17.7. The number of pyridine rings is 1. The number of hydrogen-bond donors (Lipinski definition) is 2. The molecule has 0 saturated carbocycles. The summed E-state index contributed by atoms with van der Waals surface area (Å²) in [6.07, 6.45) is 5.87. The quantitative estimate of drug-likeness (QED) is 0.782. The van der Waals surface area contributed by atoms with Crippen LogP contribution in [0.25, 0.3) is 17.1 Å². The molecule has 7 heteroatoms. The van der Waals surface area contributed by atoms with E-state index in [-0.39, 0.29) is 18.3 Å². The van der Waals surface area contributed by atoms with Gasteiger partial charge in [0.1, 0.15) is 5.65 Å². The molecule has 0 aliphatic carbocycles. The van der Waals surface area contributed by atoms with E-state index in [9.17, 15) is 0 Å². The Morgan fingerprint density at radius 1 is 1.33 bits per heavy atom. The average molecular weight is 392 g/mol. The van der Waals surface area contributed by atoms with Crippen molar-refractivity contribution in [3.05, 3.63) is 34.0 Å². The highest BCUT2D eigenvalue weighted by Crippen LogP contribution is 2.39. The Bertz CT molecular complexity index is 769. The number of halogens is 1. The third kappa shape index (κ3) is 3.18. The molecule has 128 valence electrons. The van der Waals surface area contributed by atoms with Gasteiger partial charge in [0.15, 0.2) is 0 Å². The minimum Gasteiger partial charge on any atom is -0.400 e. The second-order valence-corrected chi connectivity index (χ2v) is 8.05. The van der Waals surface area contributed by atoms with E-state index >= 15 is 0 Å². The molecule has 24 heavy (non-hydrogen) atoms. The number of H-pyrrole nitrogens is 1. The average Bonchev–Trinajstić information content (AvgIpc) is 2.97. The van der Waals surface area contributed by atoms with Gasteiger partial charge in [0.25, 0.3) is 0 Å². The first-order chi connectivity index (χ1) is 11.2. The Balaban J connectivity index is 1.99. The molecular weight excluding hydrogens is 369 g/mol. The summed E-state index contributed by atoms with van der Waals surface area (Å²) < 4.78 is 13.3. The molecule has 3 heterocycles. The molecule has 2 aromatic rings. The van der Waals surface area contributed by atoms with E-state index in [1.54, 1.807) is 6.20 Å². The van der Waals surface area contributed by atoms with Crippen molar-refractivity contribution in [3.63, 3.8) is 0 Å². The highest BCUT2D eigenvalue weighted by Gasteiger charge is 2.52. The molecule has 0 amide bonds. The summed E-state index contributed by atoms with van der Waals surface area (Å²) in [6, 6.07) is 2.06. The number of nitrogens with zero attached hydrogens (tertiary/aromatic N) is 1. The summed E-state index contributed by atoms with van der Waals surface area (Å²) in [5.74, 6) is 0. The van der Waals surface area contributed by atoms with E-state index in [4.69, 9.17) is 9.31 Å². The number of aromatic nitrogens is 2. The van der Waals surface area contributed by atoms with E-state index in [0.29, 0.717) is 6.54 Å². The van der Waals surface area contributed by atoms with Crippen LogP contribution in [-0.4, -0.2) is 41.9 Å². The van der Waals surface area contributed by atoms with Crippen LogP contribution in [0, 0.1) is 0 Å². The first-order valence-corrected chi connectivity index (χ1v) is 8.86. The lowest BCUT2D eigenvalue weighted by molar-refractivity contribution is 0.00578. The largest absolute Gasteiger partial charge is 0.491 e. The number of fused-ring (bicyclic) bond motifs is 1. The normalized spacial score (nSPS) is 20.1. The maximum absolute atomic E-state index is 6.20. The lowest BCUT2D eigenvalue weighted by Crippen LogP contribution is -2.41. The molecule has 1 fully saturated rings. The van der Waals surface area contributed by atoms with Crippen LogP contribution in [0.15, 0.2) is 28.4 Å². The Hall–Kier alpha value is -1.15. The highest BCUT2D eigenvalue weighted by molar-refractivity contribution is 9.10. The SMILES string of the molecule is CNCC(=Cc1c[nH]c2ncc(Br)cc12)B1OC(C)(C)C(C)(C)O1. The predicted molar refractivity (Wildman–Crippen MR) is 102 cm³/mol. The van der Waals surface area contributed by atoms with E-state index in [2.05, 4.69) is 71.1 Å².